The molecule has 0 saturated carbocycles. The number of nitrogens with zero attached hydrogens (tertiary/aromatic N) is 2. The second kappa shape index (κ2) is 6.88. The number of halogens is 1. The quantitative estimate of drug-likeness (QED) is 0.907. The van der Waals surface area contributed by atoms with E-state index in [9.17, 15) is 9.59 Å². The van der Waals surface area contributed by atoms with Crippen LogP contribution in [-0.2, 0) is 14.3 Å². The number of benzene rings is 1. The van der Waals surface area contributed by atoms with Gasteiger partial charge in [-0.1, -0.05) is 23.7 Å². The van der Waals surface area contributed by atoms with E-state index in [-0.39, 0.29) is 18.4 Å². The molecule has 1 aliphatic heterocycles. The van der Waals surface area contributed by atoms with Crippen LogP contribution < -0.4 is 5.32 Å². The van der Waals surface area contributed by atoms with E-state index in [1.807, 2.05) is 6.92 Å². The molecule has 24 heavy (non-hydrogen) atoms. The van der Waals surface area contributed by atoms with Crippen LogP contribution in [0, 0.1) is 6.92 Å². The molecule has 2 atom stereocenters. The molecule has 0 aliphatic carbocycles. The maximum Gasteiger partial charge on any atom is 0.257 e. The molecule has 1 aromatic carbocycles. The van der Waals surface area contributed by atoms with Gasteiger partial charge in [-0.3, -0.25) is 14.9 Å². The molecule has 6 nitrogen and oxygen atoms in total. The summed E-state index contributed by atoms with van der Waals surface area (Å²) in [6.45, 7) is 1.78. The Balaban J connectivity index is 1.86. The fourth-order valence-electron chi connectivity index (χ4n) is 2.58. The van der Waals surface area contributed by atoms with Gasteiger partial charge in [-0.2, -0.15) is 0 Å². The lowest BCUT2D eigenvalue weighted by atomic mass is 9.98. The standard InChI is InChI=1S/C16H16ClN3O3S/c1-9-7-18-16(24-9)19-15(22)14-13(20(2)12(21)8-23-14)10-3-5-11(17)6-4-10/h3-7,13-14H,8H2,1-2H3,(H,18,19,22)/t13-,14-/m1/s1. The molecule has 0 unspecified atom stereocenters. The average molecular weight is 366 g/mol. The second-order valence-corrected chi connectivity index (χ2v) is 7.17. The van der Waals surface area contributed by atoms with E-state index in [0.717, 1.165) is 10.4 Å². The van der Waals surface area contributed by atoms with E-state index in [4.69, 9.17) is 16.3 Å². The van der Waals surface area contributed by atoms with Crippen LogP contribution in [0.1, 0.15) is 16.5 Å². The Kier molecular flexibility index (Phi) is 4.84. The van der Waals surface area contributed by atoms with Crippen molar-refractivity contribution in [3.8, 4) is 0 Å². The zero-order valence-electron chi connectivity index (χ0n) is 13.2. The molecule has 0 radical (unpaired) electrons. The van der Waals surface area contributed by atoms with Gasteiger partial charge in [0.15, 0.2) is 11.2 Å². The number of likely N-dealkylation sites (N-methyl/N-ethyl adjacent to an activating group) is 1. The zero-order chi connectivity index (χ0) is 17.3. The molecular weight excluding hydrogens is 350 g/mol. The molecule has 3 rings (SSSR count). The van der Waals surface area contributed by atoms with Gasteiger partial charge in [0.25, 0.3) is 5.91 Å². The lowest BCUT2D eigenvalue weighted by Crippen LogP contribution is -2.51. The largest absolute Gasteiger partial charge is 0.356 e. The summed E-state index contributed by atoms with van der Waals surface area (Å²) in [4.78, 5) is 31.3. The molecule has 0 spiro atoms. The summed E-state index contributed by atoms with van der Waals surface area (Å²) in [6, 6.07) is 6.51. The van der Waals surface area contributed by atoms with Crippen molar-refractivity contribution >= 4 is 39.9 Å². The summed E-state index contributed by atoms with van der Waals surface area (Å²) in [6.07, 6.45) is 0.868. The van der Waals surface area contributed by atoms with Gasteiger partial charge < -0.3 is 9.64 Å². The summed E-state index contributed by atoms with van der Waals surface area (Å²) in [5.41, 5.74) is 0.783. The predicted molar refractivity (Wildman–Crippen MR) is 92.2 cm³/mol. The molecule has 8 heteroatoms. The number of ether oxygens (including phenoxy) is 1. The number of nitrogens with one attached hydrogen (secondary N) is 1. The van der Waals surface area contributed by atoms with E-state index in [1.54, 1.807) is 37.5 Å². The van der Waals surface area contributed by atoms with Crippen LogP contribution in [0.15, 0.2) is 30.5 Å². The topological polar surface area (TPSA) is 71.5 Å². The molecule has 2 amide bonds. The van der Waals surface area contributed by atoms with E-state index in [0.29, 0.717) is 10.2 Å². The van der Waals surface area contributed by atoms with Crippen molar-refractivity contribution in [2.75, 3.05) is 19.0 Å². The summed E-state index contributed by atoms with van der Waals surface area (Å²) < 4.78 is 5.54. The van der Waals surface area contributed by atoms with Gasteiger partial charge in [0.1, 0.15) is 6.61 Å². The molecule has 1 saturated heterocycles. The Morgan fingerprint density at radius 1 is 1.42 bits per heavy atom. The van der Waals surface area contributed by atoms with E-state index in [2.05, 4.69) is 10.3 Å². The molecule has 1 fully saturated rings. The van der Waals surface area contributed by atoms with Gasteiger partial charge in [0.2, 0.25) is 5.91 Å². The van der Waals surface area contributed by atoms with E-state index in [1.165, 1.54) is 16.2 Å². The maximum atomic E-state index is 12.6. The lowest BCUT2D eigenvalue weighted by Gasteiger charge is -2.38. The number of carbonyl (C=O) groups excluding carboxylic acids is 2. The molecular formula is C16H16ClN3O3S. The van der Waals surface area contributed by atoms with Crippen molar-refractivity contribution in [2.45, 2.75) is 19.1 Å². The number of aromatic nitrogens is 1. The Morgan fingerprint density at radius 3 is 2.75 bits per heavy atom. The number of amides is 2. The summed E-state index contributed by atoms with van der Waals surface area (Å²) in [7, 11) is 1.66. The van der Waals surface area contributed by atoms with Crippen molar-refractivity contribution in [1.29, 1.82) is 0 Å². The first-order valence-corrected chi connectivity index (χ1v) is 8.51. The van der Waals surface area contributed by atoms with Gasteiger partial charge >= 0.3 is 0 Å². The van der Waals surface area contributed by atoms with Crippen LogP contribution in [-0.4, -0.2) is 41.5 Å². The van der Waals surface area contributed by atoms with Gasteiger partial charge in [-0.15, -0.1) is 11.3 Å². The summed E-state index contributed by atoms with van der Waals surface area (Å²) >= 11 is 7.31. The Hall–Kier alpha value is -1.96. The monoisotopic (exact) mass is 365 g/mol. The fourth-order valence-corrected chi connectivity index (χ4v) is 3.37. The number of thiazole rings is 1. The van der Waals surface area contributed by atoms with Gasteiger partial charge in [0, 0.05) is 23.1 Å². The van der Waals surface area contributed by atoms with E-state index < -0.39 is 12.1 Å². The van der Waals surface area contributed by atoms with Crippen molar-refractivity contribution in [3.63, 3.8) is 0 Å². The van der Waals surface area contributed by atoms with Crippen LogP contribution >= 0.6 is 22.9 Å². The number of anilines is 1. The van der Waals surface area contributed by atoms with Crippen LogP contribution in [0.3, 0.4) is 0 Å². The van der Waals surface area contributed by atoms with Gasteiger partial charge in [0.05, 0.1) is 6.04 Å². The highest BCUT2D eigenvalue weighted by Gasteiger charge is 2.40. The number of aryl methyl sites for hydroxylation is 1. The van der Waals surface area contributed by atoms with Crippen LogP contribution in [0.25, 0.3) is 0 Å². The minimum absolute atomic E-state index is 0.129. The molecule has 2 heterocycles. The molecule has 1 N–H and O–H groups in total. The molecule has 1 aromatic heterocycles. The molecule has 1 aliphatic rings. The molecule has 126 valence electrons. The fraction of sp³-hybridized carbons (Fsp3) is 0.312. The zero-order valence-corrected chi connectivity index (χ0v) is 14.7. The van der Waals surface area contributed by atoms with Crippen LogP contribution in [0.4, 0.5) is 5.13 Å². The molecule has 0 bridgehead atoms. The maximum absolute atomic E-state index is 12.6. The van der Waals surface area contributed by atoms with Gasteiger partial charge in [-0.05, 0) is 24.6 Å². The summed E-state index contributed by atoms with van der Waals surface area (Å²) in [5.74, 6) is -0.507. The number of carbonyl (C=O) groups is 2. The minimum atomic E-state index is -0.821. The van der Waals surface area contributed by atoms with Crippen LogP contribution in [0.2, 0.25) is 5.02 Å². The smallest absolute Gasteiger partial charge is 0.257 e. The highest BCUT2D eigenvalue weighted by molar-refractivity contribution is 7.15. The Bertz CT molecular complexity index is 762. The average Bonchev–Trinajstić information content (AvgIpc) is 2.96. The normalized spacial score (nSPS) is 21.0. The van der Waals surface area contributed by atoms with Crippen molar-refractivity contribution in [1.82, 2.24) is 9.88 Å². The first-order valence-electron chi connectivity index (χ1n) is 7.31. The Labute approximate surface area is 148 Å². The lowest BCUT2D eigenvalue weighted by molar-refractivity contribution is -0.160. The highest BCUT2D eigenvalue weighted by atomic mass is 35.5. The first kappa shape index (κ1) is 16.9. The van der Waals surface area contributed by atoms with Crippen LogP contribution in [0.5, 0.6) is 0 Å². The predicted octanol–water partition coefficient (Wildman–Crippen LogP) is 2.64. The molecule has 2 aromatic rings. The third-order valence-electron chi connectivity index (χ3n) is 3.81. The number of hydrogen-bond acceptors (Lipinski definition) is 5. The third-order valence-corrected chi connectivity index (χ3v) is 4.89. The third kappa shape index (κ3) is 3.43. The van der Waals surface area contributed by atoms with E-state index >= 15 is 0 Å². The minimum Gasteiger partial charge on any atom is -0.356 e. The number of hydrogen-bond donors (Lipinski definition) is 1. The first-order chi connectivity index (χ1) is 11.5. The second-order valence-electron chi connectivity index (χ2n) is 5.50. The number of rotatable bonds is 3. The van der Waals surface area contributed by atoms with Gasteiger partial charge in [-0.25, -0.2) is 4.98 Å². The van der Waals surface area contributed by atoms with Crippen molar-refractivity contribution in [2.24, 2.45) is 0 Å². The highest BCUT2D eigenvalue weighted by Crippen LogP contribution is 2.31. The SMILES string of the molecule is Cc1cnc(NC(=O)[C@@H]2OCC(=O)N(C)[C@@H]2c2ccc(Cl)cc2)s1. The number of morpholine rings is 1. The Morgan fingerprint density at radius 2 is 2.12 bits per heavy atom. The van der Waals surface area contributed by atoms with Crippen molar-refractivity contribution < 1.29 is 14.3 Å². The van der Waals surface area contributed by atoms with Crippen molar-refractivity contribution in [3.05, 3.63) is 45.9 Å². The summed E-state index contributed by atoms with van der Waals surface area (Å²) in [5, 5.41) is 3.85.